The second kappa shape index (κ2) is 8.65. The number of rotatable bonds is 7. The van der Waals surface area contributed by atoms with Gasteiger partial charge in [-0.15, -0.1) is 0 Å². The Labute approximate surface area is 92.1 Å². The second-order valence-corrected chi connectivity index (χ2v) is 3.56. The monoisotopic (exact) mass is 214 g/mol. The summed E-state index contributed by atoms with van der Waals surface area (Å²) in [5.74, 6) is 0. The van der Waals surface area contributed by atoms with Gasteiger partial charge >= 0.3 is 0 Å². The van der Waals surface area contributed by atoms with Gasteiger partial charge in [-0.3, -0.25) is 0 Å². The van der Waals surface area contributed by atoms with Gasteiger partial charge in [-0.25, -0.2) is 0 Å². The topological polar surface area (TPSA) is 49.7 Å². The van der Waals surface area contributed by atoms with E-state index in [4.69, 9.17) is 14.9 Å². The van der Waals surface area contributed by atoms with Gasteiger partial charge in [0.25, 0.3) is 0 Å². The summed E-state index contributed by atoms with van der Waals surface area (Å²) >= 11 is 0. The highest BCUT2D eigenvalue weighted by Gasteiger charge is 2.00. The molecular weight excluding hydrogens is 192 g/mol. The van der Waals surface area contributed by atoms with Gasteiger partial charge in [-0.05, 0) is 20.3 Å². The van der Waals surface area contributed by atoms with Crippen LogP contribution in [0.3, 0.4) is 0 Å². The molecule has 0 aromatic heterocycles. The standard InChI is InChI=1S/C12H22O3/c1-4-5-10(2)11(3)6-7-15-9-12(14)8-13/h5-6,12-14H,4,7-9H2,1-3H3/b10-5-,11-6-. The molecule has 0 aromatic carbocycles. The molecule has 0 spiro atoms. The fraction of sp³-hybridized carbons (Fsp3) is 0.667. The molecule has 0 fully saturated rings. The highest BCUT2D eigenvalue weighted by atomic mass is 16.5. The molecule has 3 nitrogen and oxygen atoms in total. The summed E-state index contributed by atoms with van der Waals surface area (Å²) in [6.07, 6.45) is 4.40. The molecule has 0 aliphatic rings. The zero-order chi connectivity index (χ0) is 11.7. The molecule has 0 saturated carbocycles. The van der Waals surface area contributed by atoms with E-state index in [9.17, 15) is 0 Å². The number of hydrogen-bond acceptors (Lipinski definition) is 3. The quantitative estimate of drug-likeness (QED) is 0.500. The lowest BCUT2D eigenvalue weighted by Gasteiger charge is -2.07. The summed E-state index contributed by atoms with van der Waals surface area (Å²) in [5, 5.41) is 17.6. The molecule has 0 radical (unpaired) electrons. The highest BCUT2D eigenvalue weighted by molar-refractivity contribution is 5.26. The zero-order valence-corrected chi connectivity index (χ0v) is 9.86. The van der Waals surface area contributed by atoms with E-state index in [-0.39, 0.29) is 13.2 Å². The van der Waals surface area contributed by atoms with E-state index < -0.39 is 6.10 Å². The Balaban J connectivity index is 3.81. The van der Waals surface area contributed by atoms with Crippen LogP contribution in [0.2, 0.25) is 0 Å². The lowest BCUT2D eigenvalue weighted by atomic mass is 10.1. The Kier molecular flexibility index (Phi) is 8.28. The van der Waals surface area contributed by atoms with Crippen LogP contribution in [0.1, 0.15) is 27.2 Å². The van der Waals surface area contributed by atoms with Gasteiger partial charge in [0.05, 0.1) is 19.8 Å². The van der Waals surface area contributed by atoms with Crippen molar-refractivity contribution in [2.45, 2.75) is 33.3 Å². The van der Waals surface area contributed by atoms with E-state index in [0.29, 0.717) is 6.61 Å². The zero-order valence-electron chi connectivity index (χ0n) is 9.86. The third-order valence-electron chi connectivity index (χ3n) is 2.16. The summed E-state index contributed by atoms with van der Waals surface area (Å²) in [6.45, 7) is 6.60. The van der Waals surface area contributed by atoms with E-state index in [1.54, 1.807) is 0 Å². The maximum Gasteiger partial charge on any atom is 0.100 e. The summed E-state index contributed by atoms with van der Waals surface area (Å²) in [7, 11) is 0. The third-order valence-corrected chi connectivity index (χ3v) is 2.16. The molecule has 2 N–H and O–H groups in total. The molecular formula is C12H22O3. The molecule has 0 bridgehead atoms. The van der Waals surface area contributed by atoms with Crippen molar-refractivity contribution in [3.05, 3.63) is 23.3 Å². The molecule has 0 aromatic rings. The first kappa shape index (κ1) is 14.4. The van der Waals surface area contributed by atoms with Gasteiger partial charge in [0.15, 0.2) is 0 Å². The predicted octanol–water partition coefficient (Wildman–Crippen LogP) is 1.66. The Morgan fingerprint density at radius 1 is 1.27 bits per heavy atom. The molecule has 0 aliphatic carbocycles. The molecule has 0 saturated heterocycles. The van der Waals surface area contributed by atoms with Crippen molar-refractivity contribution < 1.29 is 14.9 Å². The van der Waals surface area contributed by atoms with Crippen LogP contribution in [0.5, 0.6) is 0 Å². The number of hydrogen-bond donors (Lipinski definition) is 2. The first-order chi connectivity index (χ1) is 7.11. The van der Waals surface area contributed by atoms with Crippen LogP contribution in [0.4, 0.5) is 0 Å². The maximum atomic E-state index is 9.01. The maximum absolute atomic E-state index is 9.01. The minimum Gasteiger partial charge on any atom is -0.394 e. The Hall–Kier alpha value is -0.640. The van der Waals surface area contributed by atoms with Crippen molar-refractivity contribution >= 4 is 0 Å². The van der Waals surface area contributed by atoms with Crippen LogP contribution < -0.4 is 0 Å². The van der Waals surface area contributed by atoms with E-state index in [1.165, 1.54) is 11.1 Å². The Morgan fingerprint density at radius 3 is 2.40 bits per heavy atom. The largest absolute Gasteiger partial charge is 0.394 e. The number of allylic oxidation sites excluding steroid dienone is 3. The van der Waals surface area contributed by atoms with Crippen LogP contribution in [0, 0.1) is 0 Å². The molecule has 88 valence electrons. The molecule has 3 heteroatoms. The van der Waals surface area contributed by atoms with Crippen molar-refractivity contribution in [2.24, 2.45) is 0 Å². The van der Waals surface area contributed by atoms with Crippen LogP contribution in [0.25, 0.3) is 0 Å². The first-order valence-electron chi connectivity index (χ1n) is 5.32. The fourth-order valence-electron chi connectivity index (χ4n) is 1.07. The van der Waals surface area contributed by atoms with E-state index in [1.807, 2.05) is 13.0 Å². The number of aliphatic hydroxyl groups excluding tert-OH is 2. The summed E-state index contributed by atoms with van der Waals surface area (Å²) < 4.78 is 5.17. The van der Waals surface area contributed by atoms with Gasteiger partial charge in [0.1, 0.15) is 6.10 Å². The van der Waals surface area contributed by atoms with Gasteiger partial charge < -0.3 is 14.9 Å². The molecule has 0 rings (SSSR count). The van der Waals surface area contributed by atoms with Crippen LogP contribution >= 0.6 is 0 Å². The summed E-state index contributed by atoms with van der Waals surface area (Å²) in [5.41, 5.74) is 2.44. The average Bonchev–Trinajstić information content (AvgIpc) is 2.23. The minimum atomic E-state index is -0.772. The van der Waals surface area contributed by atoms with Crippen molar-refractivity contribution in [1.82, 2.24) is 0 Å². The van der Waals surface area contributed by atoms with Crippen LogP contribution in [0.15, 0.2) is 23.3 Å². The predicted molar refractivity (Wildman–Crippen MR) is 61.7 cm³/mol. The SMILES string of the molecule is CC/C=C(C)\C(C)=C/COCC(O)CO. The molecule has 15 heavy (non-hydrogen) atoms. The highest BCUT2D eigenvalue weighted by Crippen LogP contribution is 2.08. The Bertz CT molecular complexity index is 219. The van der Waals surface area contributed by atoms with Crippen molar-refractivity contribution in [3.8, 4) is 0 Å². The smallest absolute Gasteiger partial charge is 0.100 e. The second-order valence-electron chi connectivity index (χ2n) is 3.56. The van der Waals surface area contributed by atoms with Gasteiger partial charge in [-0.2, -0.15) is 0 Å². The number of ether oxygens (including phenoxy) is 1. The summed E-state index contributed by atoms with van der Waals surface area (Å²) in [6, 6.07) is 0. The normalized spacial score (nSPS) is 15.5. The molecule has 0 heterocycles. The van der Waals surface area contributed by atoms with Gasteiger partial charge in [-0.1, -0.05) is 30.2 Å². The Morgan fingerprint density at radius 2 is 1.87 bits per heavy atom. The van der Waals surface area contributed by atoms with Gasteiger partial charge in [0.2, 0.25) is 0 Å². The number of aliphatic hydroxyl groups is 2. The van der Waals surface area contributed by atoms with E-state index in [0.717, 1.165) is 6.42 Å². The van der Waals surface area contributed by atoms with Crippen molar-refractivity contribution in [3.63, 3.8) is 0 Å². The molecule has 0 aliphatic heterocycles. The van der Waals surface area contributed by atoms with E-state index in [2.05, 4.69) is 19.9 Å². The summed E-state index contributed by atoms with van der Waals surface area (Å²) in [4.78, 5) is 0. The fourth-order valence-corrected chi connectivity index (χ4v) is 1.07. The van der Waals surface area contributed by atoms with E-state index >= 15 is 0 Å². The first-order valence-corrected chi connectivity index (χ1v) is 5.32. The average molecular weight is 214 g/mol. The van der Waals surface area contributed by atoms with Crippen LogP contribution in [-0.4, -0.2) is 36.1 Å². The van der Waals surface area contributed by atoms with Crippen LogP contribution in [-0.2, 0) is 4.74 Å². The molecule has 1 atom stereocenters. The van der Waals surface area contributed by atoms with Crippen molar-refractivity contribution in [1.29, 1.82) is 0 Å². The lowest BCUT2D eigenvalue weighted by molar-refractivity contribution is 0.0148. The van der Waals surface area contributed by atoms with Gasteiger partial charge in [0, 0.05) is 0 Å². The molecule has 0 amide bonds. The lowest BCUT2D eigenvalue weighted by Crippen LogP contribution is -2.19. The third kappa shape index (κ3) is 7.31. The van der Waals surface area contributed by atoms with Crippen molar-refractivity contribution in [2.75, 3.05) is 19.8 Å². The minimum absolute atomic E-state index is 0.177. The molecule has 1 unspecified atom stereocenters.